The molecule has 0 aliphatic carbocycles. The number of carboxylic acid groups (broad SMARTS) is 1. The molecular weight excluding hydrogens is 232 g/mol. The van der Waals surface area contributed by atoms with Crippen LogP contribution in [0.15, 0.2) is 24.3 Å². The van der Waals surface area contributed by atoms with E-state index in [0.29, 0.717) is 12.8 Å². The summed E-state index contributed by atoms with van der Waals surface area (Å²) < 4.78 is 4.63. The molecule has 0 saturated carbocycles. The monoisotopic (exact) mass is 242 g/mol. The number of carbonyl (C=O) groups excluding carboxylic acids is 1. The van der Waals surface area contributed by atoms with Crippen LogP contribution in [-0.4, -0.2) is 17.0 Å². The molecule has 4 nitrogen and oxygen atoms in total. The van der Waals surface area contributed by atoms with Crippen molar-refractivity contribution >= 4 is 11.9 Å². The summed E-state index contributed by atoms with van der Waals surface area (Å²) in [5.74, 6) is 2.96. The Balaban J connectivity index is 2.75. The molecule has 1 rings (SSSR count). The predicted molar refractivity (Wildman–Crippen MR) is 64.7 cm³/mol. The molecule has 90 valence electrons. The lowest BCUT2D eigenvalue weighted by Gasteiger charge is -2.01. The summed E-state index contributed by atoms with van der Waals surface area (Å²) in [4.78, 5) is 22.4. The van der Waals surface area contributed by atoms with Crippen molar-refractivity contribution in [2.45, 2.75) is 12.8 Å². The molecule has 18 heavy (non-hydrogen) atoms. The lowest BCUT2D eigenvalue weighted by Crippen LogP contribution is -2.09. The van der Waals surface area contributed by atoms with Crippen molar-refractivity contribution < 1.29 is 19.4 Å². The summed E-state index contributed by atoms with van der Waals surface area (Å²) in [6.07, 6.45) is 8.11. The van der Waals surface area contributed by atoms with Gasteiger partial charge in [0, 0.05) is 12.8 Å². The van der Waals surface area contributed by atoms with Gasteiger partial charge in [-0.25, -0.2) is 9.59 Å². The lowest BCUT2D eigenvalue weighted by molar-refractivity contribution is 0.0649. The molecular formula is C14H10O4. The number of rotatable bonds is 3. The quantitative estimate of drug-likeness (QED) is 0.499. The maximum Gasteiger partial charge on any atom is 0.352 e. The van der Waals surface area contributed by atoms with Crippen LogP contribution in [0.2, 0.25) is 0 Å². The van der Waals surface area contributed by atoms with Crippen LogP contribution < -0.4 is 0 Å². The van der Waals surface area contributed by atoms with Crippen molar-refractivity contribution in [1.29, 1.82) is 0 Å². The number of hydrogen-bond donors (Lipinski definition) is 1. The molecule has 0 amide bonds. The Bertz CT molecular complexity index is 555. The van der Waals surface area contributed by atoms with Gasteiger partial charge in [-0.3, -0.25) is 0 Å². The Morgan fingerprint density at radius 3 is 2.50 bits per heavy atom. The third kappa shape index (κ3) is 3.70. The van der Waals surface area contributed by atoms with Gasteiger partial charge < -0.3 is 9.84 Å². The maximum absolute atomic E-state index is 11.6. The molecule has 0 aliphatic rings. The summed E-state index contributed by atoms with van der Waals surface area (Å²) in [6.45, 7) is 0. The fourth-order valence-electron chi connectivity index (χ4n) is 1.17. The molecule has 0 aromatic heterocycles. The van der Waals surface area contributed by atoms with Crippen LogP contribution in [0.5, 0.6) is 0 Å². The van der Waals surface area contributed by atoms with Crippen LogP contribution in [0.3, 0.4) is 0 Å². The van der Waals surface area contributed by atoms with Gasteiger partial charge in [-0.15, -0.1) is 12.3 Å². The molecule has 0 unspecified atom stereocenters. The zero-order valence-electron chi connectivity index (χ0n) is 9.47. The molecule has 0 atom stereocenters. The number of aromatic carboxylic acids is 1. The number of esters is 1. The first-order valence-corrected chi connectivity index (χ1v) is 5.11. The third-order valence-electron chi connectivity index (χ3n) is 1.99. The molecule has 0 bridgehead atoms. The van der Waals surface area contributed by atoms with Gasteiger partial charge in [0.05, 0.1) is 11.1 Å². The average Bonchev–Trinajstić information content (AvgIpc) is 2.38. The standard InChI is InChI=1S/C14H10O4/c1-2-3-4-7-10-18-14(17)12-9-6-5-8-11(12)13(15)16/h1,5-6,8-9H,3-4H2,(H,15,16). The van der Waals surface area contributed by atoms with Crippen LogP contribution in [0.1, 0.15) is 33.6 Å². The second-order valence-corrected chi connectivity index (χ2v) is 3.22. The summed E-state index contributed by atoms with van der Waals surface area (Å²) in [7, 11) is 0. The highest BCUT2D eigenvalue weighted by Gasteiger charge is 2.16. The summed E-state index contributed by atoms with van der Waals surface area (Å²) in [6, 6.07) is 5.77. The van der Waals surface area contributed by atoms with E-state index >= 15 is 0 Å². The van der Waals surface area contributed by atoms with E-state index in [1.165, 1.54) is 18.2 Å². The maximum atomic E-state index is 11.6. The fraction of sp³-hybridized carbons (Fsp3) is 0.143. The van der Waals surface area contributed by atoms with Crippen LogP contribution in [0.4, 0.5) is 0 Å². The van der Waals surface area contributed by atoms with E-state index in [1.807, 2.05) is 0 Å². The number of hydrogen-bond acceptors (Lipinski definition) is 3. The Morgan fingerprint density at radius 2 is 1.89 bits per heavy atom. The molecule has 0 spiro atoms. The van der Waals surface area contributed by atoms with Crippen molar-refractivity contribution in [3.63, 3.8) is 0 Å². The van der Waals surface area contributed by atoms with Crippen LogP contribution >= 0.6 is 0 Å². The van der Waals surface area contributed by atoms with Crippen molar-refractivity contribution in [1.82, 2.24) is 0 Å². The minimum atomic E-state index is -1.19. The van der Waals surface area contributed by atoms with Crippen molar-refractivity contribution in [3.8, 4) is 24.4 Å². The van der Waals surface area contributed by atoms with Crippen LogP contribution in [-0.2, 0) is 4.74 Å². The number of ether oxygens (including phenoxy) is 1. The summed E-state index contributed by atoms with van der Waals surface area (Å²) in [5, 5.41) is 8.89. The minimum Gasteiger partial charge on any atom is -0.478 e. The number of carboxylic acids is 1. The zero-order chi connectivity index (χ0) is 13.4. The number of carbonyl (C=O) groups is 2. The Morgan fingerprint density at radius 1 is 1.22 bits per heavy atom. The first kappa shape index (κ1) is 13.3. The Hall–Kier alpha value is -2.72. The second kappa shape index (κ2) is 6.78. The van der Waals surface area contributed by atoms with E-state index in [9.17, 15) is 9.59 Å². The largest absolute Gasteiger partial charge is 0.478 e. The van der Waals surface area contributed by atoms with E-state index in [0.717, 1.165) is 0 Å². The van der Waals surface area contributed by atoms with Crippen molar-refractivity contribution in [2.24, 2.45) is 0 Å². The second-order valence-electron chi connectivity index (χ2n) is 3.22. The lowest BCUT2D eigenvalue weighted by atomic mass is 10.1. The average molecular weight is 242 g/mol. The van der Waals surface area contributed by atoms with Gasteiger partial charge in [-0.1, -0.05) is 18.1 Å². The highest BCUT2D eigenvalue weighted by atomic mass is 16.5. The minimum absolute atomic E-state index is 0.0313. The van der Waals surface area contributed by atoms with Gasteiger partial charge in [0.1, 0.15) is 6.11 Å². The van der Waals surface area contributed by atoms with E-state index in [4.69, 9.17) is 11.5 Å². The van der Waals surface area contributed by atoms with Gasteiger partial charge in [-0.05, 0) is 12.1 Å². The molecule has 0 radical (unpaired) electrons. The van der Waals surface area contributed by atoms with E-state index in [2.05, 4.69) is 22.7 Å². The molecule has 0 fully saturated rings. The highest BCUT2D eigenvalue weighted by Crippen LogP contribution is 2.09. The van der Waals surface area contributed by atoms with E-state index in [-0.39, 0.29) is 11.1 Å². The SMILES string of the molecule is C#CCCC#COC(=O)c1ccccc1C(=O)O. The van der Waals surface area contributed by atoms with Gasteiger partial charge >= 0.3 is 11.9 Å². The molecule has 0 heterocycles. The highest BCUT2D eigenvalue weighted by molar-refractivity contribution is 6.02. The van der Waals surface area contributed by atoms with E-state index < -0.39 is 11.9 Å². The normalized spacial score (nSPS) is 8.61. The molecule has 1 N–H and O–H groups in total. The predicted octanol–water partition coefficient (Wildman–Crippen LogP) is 1.92. The van der Waals surface area contributed by atoms with Gasteiger partial charge in [-0.2, -0.15) is 0 Å². The molecule has 0 aliphatic heterocycles. The summed E-state index contributed by atoms with van der Waals surface area (Å²) in [5.41, 5.74) is -0.149. The van der Waals surface area contributed by atoms with Gasteiger partial charge in [0.15, 0.2) is 0 Å². The molecule has 1 aromatic rings. The van der Waals surface area contributed by atoms with Crippen LogP contribution in [0.25, 0.3) is 0 Å². The first-order chi connectivity index (χ1) is 8.66. The summed E-state index contributed by atoms with van der Waals surface area (Å²) >= 11 is 0. The topological polar surface area (TPSA) is 63.6 Å². The van der Waals surface area contributed by atoms with Gasteiger partial charge in [0.25, 0.3) is 0 Å². The molecule has 4 heteroatoms. The fourth-order valence-corrected chi connectivity index (χ4v) is 1.17. The zero-order valence-corrected chi connectivity index (χ0v) is 9.47. The van der Waals surface area contributed by atoms with Crippen LogP contribution in [0, 0.1) is 24.4 Å². The smallest absolute Gasteiger partial charge is 0.352 e. The molecule has 0 saturated heterocycles. The van der Waals surface area contributed by atoms with Crippen molar-refractivity contribution in [2.75, 3.05) is 0 Å². The number of terminal acetylenes is 1. The van der Waals surface area contributed by atoms with Gasteiger partial charge in [0.2, 0.25) is 0 Å². The Labute approximate surface area is 105 Å². The van der Waals surface area contributed by atoms with Crippen molar-refractivity contribution in [3.05, 3.63) is 35.4 Å². The molecule has 1 aromatic carbocycles. The number of benzene rings is 1. The third-order valence-corrected chi connectivity index (χ3v) is 1.99. The first-order valence-electron chi connectivity index (χ1n) is 5.11. The Kier molecular flexibility index (Phi) is 5.02. The van der Waals surface area contributed by atoms with E-state index in [1.54, 1.807) is 6.07 Å². The number of unbranched alkanes of at least 4 members (excludes halogenated alkanes) is 1.